The first kappa shape index (κ1) is 10.3. The summed E-state index contributed by atoms with van der Waals surface area (Å²) in [6, 6.07) is 10.7. The Morgan fingerprint density at radius 1 is 1.13 bits per heavy atom. The van der Waals surface area contributed by atoms with Gasteiger partial charge in [-0.2, -0.15) is 0 Å². The van der Waals surface area contributed by atoms with E-state index in [9.17, 15) is 5.11 Å². The zero-order chi connectivity index (χ0) is 10.7. The third-order valence-electron chi connectivity index (χ3n) is 1.96. The number of aromatic hydroxyl groups is 1. The van der Waals surface area contributed by atoms with Crippen LogP contribution in [0.2, 0.25) is 0 Å². The van der Waals surface area contributed by atoms with E-state index in [1.165, 1.54) is 6.07 Å². The molecule has 0 saturated carbocycles. The average molecular weight is 224 g/mol. The van der Waals surface area contributed by atoms with Gasteiger partial charge in [0.05, 0.1) is 16.9 Å². The van der Waals surface area contributed by atoms with Crippen LogP contribution < -0.4 is 0 Å². The zero-order valence-corrected chi connectivity index (χ0v) is 8.40. The molecule has 2 aromatic rings. The van der Waals surface area contributed by atoms with Crippen molar-refractivity contribution in [3.05, 3.63) is 36.4 Å². The molecule has 0 unspecified atom stereocenters. The molecule has 0 aromatic heterocycles. The molecule has 0 radical (unpaired) electrons. The van der Waals surface area contributed by atoms with Gasteiger partial charge in [0.15, 0.2) is 0 Å². The van der Waals surface area contributed by atoms with Gasteiger partial charge in [0.1, 0.15) is 5.75 Å². The number of hydrogen-bond donors (Lipinski definition) is 2. The van der Waals surface area contributed by atoms with E-state index < -0.39 is 0 Å². The third kappa shape index (κ3) is 2.21. The molecule has 0 amide bonds. The number of rotatable bonds is 3. The molecule has 0 atom stereocenters. The van der Waals surface area contributed by atoms with Crippen molar-refractivity contribution in [3.8, 4) is 5.75 Å². The molecule has 2 aromatic carbocycles. The van der Waals surface area contributed by atoms with E-state index in [1.54, 1.807) is 6.07 Å². The van der Waals surface area contributed by atoms with Crippen LogP contribution in [-0.4, -0.2) is 10.4 Å². The fraction of sp³-hybridized carbons (Fsp3) is 0. The van der Waals surface area contributed by atoms with Crippen molar-refractivity contribution in [2.45, 2.75) is 4.90 Å². The summed E-state index contributed by atoms with van der Waals surface area (Å²) in [5, 5.41) is 22.8. The summed E-state index contributed by atoms with van der Waals surface area (Å²) in [6.07, 6.45) is 0. The van der Waals surface area contributed by atoms with Crippen LogP contribution in [0.1, 0.15) is 0 Å². The third-order valence-corrected chi connectivity index (χ3v) is 2.61. The lowest BCUT2D eigenvalue weighted by atomic mass is 10.1. The molecular formula is C10H8O4S. The Bertz CT molecular complexity index is 472. The molecule has 2 N–H and O–H groups in total. The SMILES string of the molecule is OOOSc1cc(O)cc2ccccc12. The normalized spacial score (nSPS) is 10.7. The molecule has 0 fully saturated rings. The van der Waals surface area contributed by atoms with Gasteiger partial charge < -0.3 is 5.11 Å². The van der Waals surface area contributed by atoms with Crippen LogP contribution in [0.3, 0.4) is 0 Å². The van der Waals surface area contributed by atoms with Crippen molar-refractivity contribution in [3.63, 3.8) is 0 Å². The smallest absolute Gasteiger partial charge is 0.117 e. The van der Waals surface area contributed by atoms with Gasteiger partial charge in [-0.1, -0.05) is 29.3 Å². The number of hydrogen-bond acceptors (Lipinski definition) is 5. The first-order valence-electron chi connectivity index (χ1n) is 4.18. The Hall–Kier alpha value is -1.27. The molecule has 78 valence electrons. The fourth-order valence-corrected chi connectivity index (χ4v) is 1.93. The Labute approximate surface area is 90.1 Å². The summed E-state index contributed by atoms with van der Waals surface area (Å²) in [7, 11) is 0. The fourth-order valence-electron chi connectivity index (χ4n) is 1.38. The molecule has 0 heterocycles. The largest absolute Gasteiger partial charge is 0.508 e. The van der Waals surface area contributed by atoms with Crippen LogP contribution >= 0.6 is 12.0 Å². The van der Waals surface area contributed by atoms with Gasteiger partial charge in [-0.25, -0.2) is 5.26 Å². The quantitative estimate of drug-likeness (QED) is 0.477. The molecule has 0 saturated heterocycles. The van der Waals surface area contributed by atoms with E-state index in [1.807, 2.05) is 24.3 Å². The van der Waals surface area contributed by atoms with E-state index in [2.05, 4.69) is 9.37 Å². The van der Waals surface area contributed by atoms with Crippen molar-refractivity contribution in [2.24, 2.45) is 0 Å². The van der Waals surface area contributed by atoms with Gasteiger partial charge in [0, 0.05) is 0 Å². The zero-order valence-electron chi connectivity index (χ0n) is 7.58. The molecule has 0 aliphatic heterocycles. The average Bonchev–Trinajstić information content (AvgIpc) is 2.25. The maximum absolute atomic E-state index is 9.44. The van der Waals surface area contributed by atoms with Crippen molar-refractivity contribution in [2.75, 3.05) is 0 Å². The Kier molecular flexibility index (Phi) is 3.08. The van der Waals surface area contributed by atoms with Gasteiger partial charge in [-0.3, -0.25) is 0 Å². The Morgan fingerprint density at radius 3 is 2.73 bits per heavy atom. The summed E-state index contributed by atoms with van der Waals surface area (Å²) < 4.78 is 4.34. The second kappa shape index (κ2) is 4.50. The van der Waals surface area contributed by atoms with Crippen molar-refractivity contribution >= 4 is 22.8 Å². The van der Waals surface area contributed by atoms with Crippen molar-refractivity contribution in [1.29, 1.82) is 0 Å². The van der Waals surface area contributed by atoms with Crippen LogP contribution in [0.4, 0.5) is 0 Å². The van der Waals surface area contributed by atoms with Gasteiger partial charge in [0.2, 0.25) is 0 Å². The Morgan fingerprint density at radius 2 is 1.93 bits per heavy atom. The highest BCUT2D eigenvalue weighted by Crippen LogP contribution is 2.32. The lowest BCUT2D eigenvalue weighted by Gasteiger charge is -2.04. The highest BCUT2D eigenvalue weighted by molar-refractivity contribution is 7.94. The molecule has 5 heteroatoms. The lowest BCUT2D eigenvalue weighted by Crippen LogP contribution is -1.81. The summed E-state index contributed by atoms with van der Waals surface area (Å²) in [5.41, 5.74) is 0. The van der Waals surface area contributed by atoms with Crippen LogP contribution in [0.5, 0.6) is 5.75 Å². The highest BCUT2D eigenvalue weighted by Gasteiger charge is 2.05. The maximum Gasteiger partial charge on any atom is 0.117 e. The minimum Gasteiger partial charge on any atom is -0.508 e. The molecule has 4 nitrogen and oxygen atoms in total. The number of benzene rings is 2. The summed E-state index contributed by atoms with van der Waals surface area (Å²) >= 11 is 0.832. The van der Waals surface area contributed by atoms with E-state index in [4.69, 9.17) is 5.26 Å². The second-order valence-electron chi connectivity index (χ2n) is 2.89. The summed E-state index contributed by atoms with van der Waals surface area (Å²) in [6.45, 7) is 0. The molecule has 0 bridgehead atoms. The predicted molar refractivity (Wildman–Crippen MR) is 56.3 cm³/mol. The van der Waals surface area contributed by atoms with Gasteiger partial charge >= 0.3 is 0 Å². The number of phenolic OH excluding ortho intramolecular Hbond substituents is 1. The minimum atomic E-state index is 0.137. The molecule has 0 aliphatic carbocycles. The number of fused-ring (bicyclic) bond motifs is 1. The van der Waals surface area contributed by atoms with Crippen molar-refractivity contribution in [1.82, 2.24) is 0 Å². The first-order valence-corrected chi connectivity index (χ1v) is 4.92. The molecule has 15 heavy (non-hydrogen) atoms. The van der Waals surface area contributed by atoms with Crippen LogP contribution in [0, 0.1) is 0 Å². The van der Waals surface area contributed by atoms with Crippen molar-refractivity contribution < 1.29 is 19.7 Å². The van der Waals surface area contributed by atoms with Crippen LogP contribution in [0.15, 0.2) is 41.3 Å². The van der Waals surface area contributed by atoms with Crippen LogP contribution in [0.25, 0.3) is 10.8 Å². The minimum absolute atomic E-state index is 0.137. The summed E-state index contributed by atoms with van der Waals surface area (Å²) in [5.74, 6) is 0.137. The van der Waals surface area contributed by atoms with Gasteiger partial charge in [0.25, 0.3) is 0 Å². The highest BCUT2D eigenvalue weighted by atomic mass is 32.2. The molecule has 2 rings (SSSR count). The second-order valence-corrected chi connectivity index (χ2v) is 3.63. The van der Waals surface area contributed by atoms with Gasteiger partial charge in [-0.05, 0) is 22.9 Å². The monoisotopic (exact) mass is 224 g/mol. The summed E-state index contributed by atoms with van der Waals surface area (Å²) in [4.78, 5) is 0.666. The van der Waals surface area contributed by atoms with Gasteiger partial charge in [-0.15, -0.1) is 4.33 Å². The topological polar surface area (TPSA) is 58.9 Å². The first-order chi connectivity index (χ1) is 7.31. The standard InChI is InChI=1S/C10H8O4S/c11-8-5-7-3-1-2-4-9(7)10(6-8)15-14-13-12/h1-6,11-12H. The van der Waals surface area contributed by atoms with E-state index >= 15 is 0 Å². The Balaban J connectivity index is 2.50. The lowest BCUT2D eigenvalue weighted by molar-refractivity contribution is -0.432. The van der Waals surface area contributed by atoms with E-state index in [-0.39, 0.29) is 5.75 Å². The van der Waals surface area contributed by atoms with Crippen LogP contribution in [-0.2, 0) is 9.37 Å². The molecule has 0 spiro atoms. The number of phenols is 1. The van der Waals surface area contributed by atoms with E-state index in [0.717, 1.165) is 22.8 Å². The van der Waals surface area contributed by atoms with E-state index in [0.29, 0.717) is 4.90 Å². The molecular weight excluding hydrogens is 216 g/mol. The maximum atomic E-state index is 9.44. The molecule has 0 aliphatic rings. The predicted octanol–water partition coefficient (Wildman–Crippen LogP) is 2.97.